The number of benzene rings is 1. The predicted octanol–water partition coefficient (Wildman–Crippen LogP) is 1.42. The van der Waals surface area contributed by atoms with E-state index in [1.54, 1.807) is 11.3 Å². The summed E-state index contributed by atoms with van der Waals surface area (Å²) in [5, 5.41) is 41.2. The molecule has 1 aromatic heterocycles. The minimum atomic E-state index is -1.35. The van der Waals surface area contributed by atoms with Crippen LogP contribution in [-0.4, -0.2) is 51.4 Å². The molecule has 0 spiro atoms. The Balaban J connectivity index is 1.73. The molecule has 0 aliphatic carbocycles. The highest BCUT2D eigenvalue weighted by atomic mass is 32.1. The molecule has 0 radical (unpaired) electrons. The van der Waals surface area contributed by atoms with E-state index in [9.17, 15) is 20.4 Å². The van der Waals surface area contributed by atoms with E-state index in [2.05, 4.69) is 31.2 Å². The highest BCUT2D eigenvalue weighted by Crippen LogP contribution is 2.35. The Morgan fingerprint density at radius 2 is 1.68 bits per heavy atom. The van der Waals surface area contributed by atoms with Gasteiger partial charge in [0.2, 0.25) is 0 Å². The van der Waals surface area contributed by atoms with Crippen molar-refractivity contribution < 1.29 is 25.2 Å². The zero-order chi connectivity index (χ0) is 18.0. The molecule has 5 nitrogen and oxygen atoms in total. The first-order chi connectivity index (χ1) is 12.0. The molecule has 1 aliphatic rings. The highest BCUT2D eigenvalue weighted by Gasteiger charge is 2.44. The summed E-state index contributed by atoms with van der Waals surface area (Å²) in [6.45, 7) is 1.71. The van der Waals surface area contributed by atoms with Crippen molar-refractivity contribution in [1.29, 1.82) is 0 Å². The van der Waals surface area contributed by atoms with Crippen molar-refractivity contribution in [3.05, 3.63) is 57.3 Å². The zero-order valence-electron chi connectivity index (χ0n) is 14.1. The van der Waals surface area contributed by atoms with Gasteiger partial charge in [-0.1, -0.05) is 31.2 Å². The van der Waals surface area contributed by atoms with Gasteiger partial charge in [-0.2, -0.15) is 0 Å². The number of aryl methyl sites for hydroxylation is 1. The van der Waals surface area contributed by atoms with Crippen LogP contribution in [0.1, 0.15) is 34.6 Å². The van der Waals surface area contributed by atoms with Gasteiger partial charge in [0.05, 0.1) is 6.61 Å². The monoisotopic (exact) mass is 364 g/mol. The number of aliphatic hydroxyl groups is 4. The van der Waals surface area contributed by atoms with Gasteiger partial charge in [-0.15, -0.1) is 11.3 Å². The number of ether oxygens (including phenoxy) is 1. The van der Waals surface area contributed by atoms with Crippen LogP contribution in [0.4, 0.5) is 0 Å². The molecular formula is C19H24O5S. The van der Waals surface area contributed by atoms with Gasteiger partial charge in [-0.3, -0.25) is 0 Å². The molecule has 1 aliphatic heterocycles. The molecule has 1 fully saturated rings. The fraction of sp³-hybridized carbons (Fsp3) is 0.474. The molecule has 2 heterocycles. The number of thiophene rings is 1. The Hall–Kier alpha value is -1.28. The van der Waals surface area contributed by atoms with Gasteiger partial charge >= 0.3 is 0 Å². The minimum Gasteiger partial charge on any atom is -0.394 e. The second-order valence-corrected chi connectivity index (χ2v) is 7.44. The minimum absolute atomic E-state index is 0.414. The third kappa shape index (κ3) is 3.95. The summed E-state index contributed by atoms with van der Waals surface area (Å²) in [6, 6.07) is 10.4. The lowest BCUT2D eigenvalue weighted by Gasteiger charge is -2.39. The molecule has 0 unspecified atom stereocenters. The summed E-state index contributed by atoms with van der Waals surface area (Å²) in [7, 11) is 0. The smallest absolute Gasteiger partial charge is 0.113 e. The van der Waals surface area contributed by atoms with Gasteiger partial charge < -0.3 is 25.2 Å². The quantitative estimate of drug-likeness (QED) is 0.644. The first-order valence-corrected chi connectivity index (χ1v) is 9.37. The van der Waals surface area contributed by atoms with E-state index in [0.717, 1.165) is 23.3 Å². The van der Waals surface area contributed by atoms with Crippen molar-refractivity contribution in [3.63, 3.8) is 0 Å². The van der Waals surface area contributed by atoms with Gasteiger partial charge in [0.25, 0.3) is 0 Å². The Morgan fingerprint density at radius 1 is 1.00 bits per heavy atom. The van der Waals surface area contributed by atoms with Crippen molar-refractivity contribution in [3.8, 4) is 0 Å². The Morgan fingerprint density at radius 3 is 2.32 bits per heavy atom. The summed E-state index contributed by atoms with van der Waals surface area (Å²) in [5.41, 5.74) is 3.26. The molecular weight excluding hydrogens is 340 g/mol. The van der Waals surface area contributed by atoms with E-state index in [1.165, 1.54) is 11.1 Å². The fourth-order valence-corrected chi connectivity index (χ4v) is 4.05. The van der Waals surface area contributed by atoms with Crippen molar-refractivity contribution in [2.75, 3.05) is 6.61 Å². The standard InChI is InChI=1S/C19H24O5S/c1-2-11-3-5-12(6-4-11)7-14-8-13(10-25-14)19-18(23)17(22)16(21)15(9-20)24-19/h3-6,8,10,15-23H,2,7,9H2,1H3/t15-,16-,17+,18-,19+/m1/s1. The lowest BCUT2D eigenvalue weighted by atomic mass is 9.92. The van der Waals surface area contributed by atoms with E-state index in [1.807, 2.05) is 11.4 Å². The highest BCUT2D eigenvalue weighted by molar-refractivity contribution is 7.10. The van der Waals surface area contributed by atoms with E-state index in [4.69, 9.17) is 4.74 Å². The third-order valence-electron chi connectivity index (χ3n) is 4.70. The molecule has 25 heavy (non-hydrogen) atoms. The molecule has 4 N–H and O–H groups in total. The van der Waals surface area contributed by atoms with E-state index >= 15 is 0 Å². The normalized spacial score (nSPS) is 29.7. The SMILES string of the molecule is CCc1ccc(Cc2cc([C@@H]3O[C@H](CO)[C@@H](O)[C@H](O)[C@H]3O)cs2)cc1. The zero-order valence-corrected chi connectivity index (χ0v) is 14.9. The molecule has 1 aromatic carbocycles. The van der Waals surface area contributed by atoms with Crippen LogP contribution in [0.15, 0.2) is 35.7 Å². The summed E-state index contributed by atoms with van der Waals surface area (Å²) in [6.07, 6.45) is -3.75. The molecule has 1 saturated heterocycles. The maximum Gasteiger partial charge on any atom is 0.113 e. The van der Waals surface area contributed by atoms with Gasteiger partial charge in [0.15, 0.2) is 0 Å². The second-order valence-electron chi connectivity index (χ2n) is 6.44. The van der Waals surface area contributed by atoms with Crippen LogP contribution < -0.4 is 0 Å². The molecule has 2 aromatic rings. The third-order valence-corrected chi connectivity index (χ3v) is 5.66. The van der Waals surface area contributed by atoms with Crippen LogP contribution in [0.2, 0.25) is 0 Å². The largest absolute Gasteiger partial charge is 0.394 e. The maximum absolute atomic E-state index is 10.2. The Bertz CT molecular complexity index is 681. The molecule has 0 bridgehead atoms. The lowest BCUT2D eigenvalue weighted by molar-refractivity contribution is -0.231. The first kappa shape index (κ1) is 18.5. The Kier molecular flexibility index (Phi) is 5.89. The van der Waals surface area contributed by atoms with Gasteiger partial charge in [0.1, 0.15) is 30.5 Å². The molecule has 5 atom stereocenters. The van der Waals surface area contributed by atoms with Gasteiger partial charge in [0, 0.05) is 11.3 Å². The predicted molar refractivity (Wildman–Crippen MR) is 95.7 cm³/mol. The van der Waals surface area contributed by atoms with Crippen LogP contribution in [0.25, 0.3) is 0 Å². The van der Waals surface area contributed by atoms with Crippen LogP contribution >= 0.6 is 11.3 Å². The topological polar surface area (TPSA) is 90.2 Å². The summed E-state index contributed by atoms with van der Waals surface area (Å²) in [5.74, 6) is 0. The summed E-state index contributed by atoms with van der Waals surface area (Å²) >= 11 is 1.56. The molecule has 136 valence electrons. The van der Waals surface area contributed by atoms with E-state index < -0.39 is 37.1 Å². The summed E-state index contributed by atoms with van der Waals surface area (Å²) < 4.78 is 5.61. The number of hydrogen-bond donors (Lipinski definition) is 4. The fourth-order valence-electron chi connectivity index (χ4n) is 3.11. The van der Waals surface area contributed by atoms with Crippen LogP contribution in [0.5, 0.6) is 0 Å². The number of hydrogen-bond acceptors (Lipinski definition) is 6. The first-order valence-electron chi connectivity index (χ1n) is 8.49. The molecule has 3 rings (SSSR count). The molecule has 0 saturated carbocycles. The van der Waals surface area contributed by atoms with Crippen LogP contribution in [0.3, 0.4) is 0 Å². The van der Waals surface area contributed by atoms with Crippen molar-refractivity contribution in [2.24, 2.45) is 0 Å². The maximum atomic E-state index is 10.2. The number of aliphatic hydroxyl groups excluding tert-OH is 4. The van der Waals surface area contributed by atoms with Crippen molar-refractivity contribution >= 4 is 11.3 Å². The lowest BCUT2D eigenvalue weighted by Crippen LogP contribution is -2.55. The van der Waals surface area contributed by atoms with E-state index in [-0.39, 0.29) is 0 Å². The second kappa shape index (κ2) is 7.95. The van der Waals surface area contributed by atoms with E-state index in [0.29, 0.717) is 0 Å². The molecule has 6 heteroatoms. The van der Waals surface area contributed by atoms with Crippen LogP contribution in [-0.2, 0) is 17.6 Å². The van der Waals surface area contributed by atoms with Crippen LogP contribution in [0, 0.1) is 0 Å². The number of rotatable bonds is 5. The van der Waals surface area contributed by atoms with Crippen molar-refractivity contribution in [2.45, 2.75) is 50.3 Å². The summed E-state index contributed by atoms with van der Waals surface area (Å²) in [4.78, 5) is 1.12. The average molecular weight is 364 g/mol. The molecule has 0 amide bonds. The Labute approximate surface area is 151 Å². The van der Waals surface area contributed by atoms with Gasteiger partial charge in [-0.05, 0) is 34.6 Å². The average Bonchev–Trinajstić information content (AvgIpc) is 3.09. The van der Waals surface area contributed by atoms with Gasteiger partial charge in [-0.25, -0.2) is 0 Å². The van der Waals surface area contributed by atoms with Crippen molar-refractivity contribution in [1.82, 2.24) is 0 Å².